The smallest absolute Gasteiger partial charge is 0.160 e. The first-order valence-corrected chi connectivity index (χ1v) is 8.12. The van der Waals surface area contributed by atoms with Crippen LogP contribution >= 0.6 is 0 Å². The molecule has 0 aliphatic rings. The highest BCUT2D eigenvalue weighted by molar-refractivity contribution is 5.94. The Morgan fingerprint density at radius 2 is 1.58 bits per heavy atom. The number of rotatable bonds is 8. The van der Waals surface area contributed by atoms with Gasteiger partial charge in [0.05, 0.1) is 12.7 Å². The number of Topliss-reactive ketones (excluding diaryl/α,β-unsaturated/α-hetero) is 1. The Hall–Kier alpha value is -2.33. The molecule has 0 unspecified atom stereocenters. The van der Waals surface area contributed by atoms with Gasteiger partial charge in [0.2, 0.25) is 0 Å². The summed E-state index contributed by atoms with van der Waals surface area (Å²) >= 11 is 0. The molecule has 1 N–H and O–H groups in total. The first-order valence-electron chi connectivity index (χ1n) is 8.12. The maximum Gasteiger partial charge on any atom is 0.160 e. The van der Waals surface area contributed by atoms with E-state index in [2.05, 4.69) is 12.1 Å². The van der Waals surface area contributed by atoms with E-state index in [9.17, 15) is 4.79 Å². The van der Waals surface area contributed by atoms with Gasteiger partial charge >= 0.3 is 0 Å². The molecule has 2 aromatic carbocycles. The van der Waals surface area contributed by atoms with Crippen LogP contribution in [0.4, 0.5) is 0 Å². The highest BCUT2D eigenvalue weighted by Crippen LogP contribution is 2.25. The molecule has 0 aliphatic heterocycles. The predicted molar refractivity (Wildman–Crippen MR) is 93.9 cm³/mol. The van der Waals surface area contributed by atoms with Gasteiger partial charge < -0.3 is 14.6 Å². The first kappa shape index (κ1) is 18.0. The third kappa shape index (κ3) is 5.39. The van der Waals surface area contributed by atoms with E-state index in [1.54, 1.807) is 25.1 Å². The number of hydrogen-bond acceptors (Lipinski definition) is 4. The SMILES string of the molecule is CC(=O)c1cc(O[C@@H](C)CO)cc(O[C@@H](C)Cc2ccccc2)c1. The lowest BCUT2D eigenvalue weighted by Gasteiger charge is -2.18. The molecule has 128 valence electrons. The molecule has 2 rings (SSSR count). The number of carbonyl (C=O) groups excluding carboxylic acids is 1. The van der Waals surface area contributed by atoms with Crippen LogP contribution in [0.15, 0.2) is 48.5 Å². The summed E-state index contributed by atoms with van der Waals surface area (Å²) in [5, 5.41) is 9.13. The summed E-state index contributed by atoms with van der Waals surface area (Å²) in [5.74, 6) is 1.05. The fourth-order valence-electron chi connectivity index (χ4n) is 2.40. The van der Waals surface area contributed by atoms with Crippen molar-refractivity contribution in [3.05, 3.63) is 59.7 Å². The van der Waals surface area contributed by atoms with E-state index in [1.165, 1.54) is 12.5 Å². The third-order valence-corrected chi connectivity index (χ3v) is 3.58. The lowest BCUT2D eigenvalue weighted by Crippen LogP contribution is -2.17. The van der Waals surface area contributed by atoms with E-state index in [1.807, 2.05) is 25.1 Å². The zero-order valence-corrected chi connectivity index (χ0v) is 14.4. The first-order chi connectivity index (χ1) is 11.5. The average molecular weight is 328 g/mol. The second kappa shape index (κ2) is 8.50. The van der Waals surface area contributed by atoms with Crippen molar-refractivity contribution in [3.63, 3.8) is 0 Å². The van der Waals surface area contributed by atoms with Crippen LogP contribution in [0.1, 0.15) is 36.7 Å². The molecule has 4 heteroatoms. The lowest BCUT2D eigenvalue weighted by atomic mass is 10.1. The highest BCUT2D eigenvalue weighted by atomic mass is 16.5. The summed E-state index contributed by atoms with van der Waals surface area (Å²) in [6.45, 7) is 5.17. The van der Waals surface area contributed by atoms with Gasteiger partial charge in [-0.1, -0.05) is 30.3 Å². The zero-order chi connectivity index (χ0) is 17.5. The number of carbonyl (C=O) groups is 1. The molecule has 0 saturated heterocycles. The molecule has 0 radical (unpaired) electrons. The van der Waals surface area contributed by atoms with Crippen molar-refractivity contribution in [2.45, 2.75) is 39.4 Å². The van der Waals surface area contributed by atoms with E-state index in [4.69, 9.17) is 14.6 Å². The standard InChI is InChI=1S/C20H24O4/c1-14(9-17-7-5-4-6-8-17)23-19-10-18(16(3)22)11-20(12-19)24-15(2)13-21/h4-8,10-12,14-15,21H,9,13H2,1-3H3/t14-,15-/m0/s1. The summed E-state index contributed by atoms with van der Waals surface area (Å²) in [5.41, 5.74) is 1.72. The number of ether oxygens (including phenoxy) is 2. The van der Waals surface area contributed by atoms with Gasteiger partial charge in [-0.05, 0) is 38.5 Å². The number of ketones is 1. The Morgan fingerprint density at radius 1 is 1.00 bits per heavy atom. The highest BCUT2D eigenvalue weighted by Gasteiger charge is 2.12. The van der Waals surface area contributed by atoms with Gasteiger partial charge in [-0.25, -0.2) is 0 Å². The average Bonchev–Trinajstić information content (AvgIpc) is 2.55. The van der Waals surface area contributed by atoms with Crippen molar-refractivity contribution in [3.8, 4) is 11.5 Å². The molecule has 0 spiro atoms. The molecule has 0 bridgehead atoms. The molecule has 0 aliphatic carbocycles. The van der Waals surface area contributed by atoms with Crippen LogP contribution in [-0.2, 0) is 6.42 Å². The monoisotopic (exact) mass is 328 g/mol. The van der Waals surface area contributed by atoms with Gasteiger partial charge in [0.15, 0.2) is 5.78 Å². The molecular weight excluding hydrogens is 304 g/mol. The maximum atomic E-state index is 11.7. The second-order valence-electron chi connectivity index (χ2n) is 5.98. The quantitative estimate of drug-likeness (QED) is 0.751. The van der Waals surface area contributed by atoms with E-state index in [0.717, 1.165) is 6.42 Å². The van der Waals surface area contributed by atoms with E-state index < -0.39 is 0 Å². The molecule has 2 atom stereocenters. The molecule has 0 heterocycles. The van der Waals surface area contributed by atoms with Crippen LogP contribution in [0.25, 0.3) is 0 Å². The van der Waals surface area contributed by atoms with Crippen molar-refractivity contribution in [2.75, 3.05) is 6.61 Å². The minimum Gasteiger partial charge on any atom is -0.490 e. The Morgan fingerprint density at radius 3 is 2.12 bits per heavy atom. The molecule has 4 nitrogen and oxygen atoms in total. The van der Waals surface area contributed by atoms with Crippen molar-refractivity contribution in [1.29, 1.82) is 0 Å². The maximum absolute atomic E-state index is 11.7. The fourth-order valence-corrected chi connectivity index (χ4v) is 2.40. The minimum atomic E-state index is -0.346. The number of benzene rings is 2. The third-order valence-electron chi connectivity index (χ3n) is 3.58. The van der Waals surface area contributed by atoms with Crippen LogP contribution in [0.3, 0.4) is 0 Å². The van der Waals surface area contributed by atoms with Gasteiger partial charge in [0.25, 0.3) is 0 Å². The van der Waals surface area contributed by atoms with Gasteiger partial charge in [-0.15, -0.1) is 0 Å². The van der Waals surface area contributed by atoms with Crippen LogP contribution < -0.4 is 9.47 Å². The molecule has 2 aromatic rings. The second-order valence-corrected chi connectivity index (χ2v) is 5.98. The van der Waals surface area contributed by atoms with Crippen LogP contribution in [0.2, 0.25) is 0 Å². The Labute approximate surface area is 143 Å². The fraction of sp³-hybridized carbons (Fsp3) is 0.350. The Kier molecular flexibility index (Phi) is 6.38. The number of hydrogen-bond donors (Lipinski definition) is 1. The largest absolute Gasteiger partial charge is 0.490 e. The summed E-state index contributed by atoms with van der Waals surface area (Å²) in [4.78, 5) is 11.7. The van der Waals surface area contributed by atoms with E-state index in [-0.39, 0.29) is 24.6 Å². The molecule has 0 fully saturated rings. The van der Waals surface area contributed by atoms with Crippen molar-refractivity contribution < 1.29 is 19.4 Å². The van der Waals surface area contributed by atoms with Crippen molar-refractivity contribution >= 4 is 5.78 Å². The van der Waals surface area contributed by atoms with Gasteiger partial charge in [-0.2, -0.15) is 0 Å². The van der Waals surface area contributed by atoms with E-state index in [0.29, 0.717) is 17.1 Å². The molecule has 0 saturated carbocycles. The number of aliphatic hydroxyl groups excluding tert-OH is 1. The van der Waals surface area contributed by atoms with Gasteiger partial charge in [-0.3, -0.25) is 4.79 Å². The summed E-state index contributed by atoms with van der Waals surface area (Å²) in [6.07, 6.45) is 0.383. The minimum absolute atomic E-state index is 0.0438. The normalized spacial score (nSPS) is 13.2. The lowest BCUT2D eigenvalue weighted by molar-refractivity contribution is 0.101. The van der Waals surface area contributed by atoms with Crippen molar-refractivity contribution in [2.24, 2.45) is 0 Å². The topological polar surface area (TPSA) is 55.8 Å². The number of aliphatic hydroxyl groups is 1. The van der Waals surface area contributed by atoms with Crippen molar-refractivity contribution in [1.82, 2.24) is 0 Å². The Balaban J connectivity index is 2.14. The summed E-state index contributed by atoms with van der Waals surface area (Å²) < 4.78 is 11.6. The molecule has 0 aromatic heterocycles. The molecule has 0 amide bonds. The molecule has 24 heavy (non-hydrogen) atoms. The summed E-state index contributed by atoms with van der Waals surface area (Å²) in [7, 11) is 0. The van der Waals surface area contributed by atoms with Gasteiger partial charge in [0, 0.05) is 18.1 Å². The summed E-state index contributed by atoms with van der Waals surface area (Å²) in [6, 6.07) is 15.2. The molecular formula is C20H24O4. The Bertz CT molecular complexity index is 667. The van der Waals surface area contributed by atoms with E-state index >= 15 is 0 Å². The van der Waals surface area contributed by atoms with Crippen LogP contribution in [-0.4, -0.2) is 29.7 Å². The predicted octanol–water partition coefficient (Wildman–Crippen LogP) is 3.66. The zero-order valence-electron chi connectivity index (χ0n) is 14.4. The van der Waals surface area contributed by atoms with Crippen LogP contribution in [0.5, 0.6) is 11.5 Å². The van der Waals surface area contributed by atoms with Gasteiger partial charge in [0.1, 0.15) is 17.6 Å². The van der Waals surface area contributed by atoms with Crippen LogP contribution in [0, 0.1) is 0 Å².